The molecule has 2 aliphatic heterocycles. The molecule has 0 spiro atoms. The Morgan fingerprint density at radius 1 is 1.12 bits per heavy atom. The molecule has 1 aromatic heterocycles. The van der Waals surface area contributed by atoms with Crippen molar-refractivity contribution in [1.29, 1.82) is 0 Å². The first-order valence-corrected chi connectivity index (χ1v) is 11.4. The second-order valence-corrected chi connectivity index (χ2v) is 9.38. The quantitative estimate of drug-likeness (QED) is 0.530. The first kappa shape index (κ1) is 21.9. The Hall–Kier alpha value is -2.87. The average Bonchev–Trinajstić information content (AvgIpc) is 2.91. The van der Waals surface area contributed by atoms with E-state index in [1.807, 2.05) is 25.1 Å². The van der Waals surface area contributed by atoms with E-state index in [9.17, 15) is 14.7 Å². The van der Waals surface area contributed by atoms with Crippen molar-refractivity contribution in [2.75, 3.05) is 13.1 Å². The molecule has 2 bridgehead atoms. The standard InChI is InChI=1S/C25H25ClN2O5/c1-15-7-8-16(21-12-19(29)17-5-4-6-18(26)22(17)32-21)11-20(15)33-25-13-24(14-25,23(30)31)27-9-2-3-10-28-25/h4-8,11-12,27-28H,2-3,9-10,13-14H2,1H3,(H,30,31). The van der Waals surface area contributed by atoms with Crippen molar-refractivity contribution in [2.24, 2.45) is 0 Å². The first-order valence-electron chi connectivity index (χ1n) is 11.1. The molecule has 2 aromatic carbocycles. The van der Waals surface area contributed by atoms with Crippen LogP contribution in [0, 0.1) is 6.92 Å². The molecule has 3 N–H and O–H groups in total. The number of aliphatic carboxylic acids is 1. The van der Waals surface area contributed by atoms with Gasteiger partial charge in [0.05, 0.1) is 10.4 Å². The van der Waals surface area contributed by atoms with E-state index in [4.69, 9.17) is 20.8 Å². The monoisotopic (exact) mass is 468 g/mol. The van der Waals surface area contributed by atoms with Gasteiger partial charge in [0.1, 0.15) is 17.0 Å². The van der Waals surface area contributed by atoms with Crippen LogP contribution in [-0.4, -0.2) is 35.4 Å². The van der Waals surface area contributed by atoms with E-state index in [0.29, 0.717) is 52.5 Å². The van der Waals surface area contributed by atoms with Gasteiger partial charge in [0.25, 0.3) is 0 Å². The van der Waals surface area contributed by atoms with E-state index < -0.39 is 17.2 Å². The molecular weight excluding hydrogens is 444 g/mol. The topological polar surface area (TPSA) is 101 Å². The fourth-order valence-corrected chi connectivity index (χ4v) is 4.97. The second-order valence-electron chi connectivity index (χ2n) is 8.97. The van der Waals surface area contributed by atoms with Crippen molar-refractivity contribution >= 4 is 28.5 Å². The lowest BCUT2D eigenvalue weighted by atomic mass is 9.69. The smallest absolute Gasteiger partial charge is 0.324 e. The molecule has 0 unspecified atom stereocenters. The summed E-state index contributed by atoms with van der Waals surface area (Å²) in [5.41, 5.74) is -0.00735. The number of hydrogen-bond acceptors (Lipinski definition) is 6. The summed E-state index contributed by atoms with van der Waals surface area (Å²) in [5, 5.41) is 17.3. The van der Waals surface area contributed by atoms with Crippen LogP contribution in [0.15, 0.2) is 51.7 Å². The van der Waals surface area contributed by atoms with Gasteiger partial charge in [-0.05, 0) is 56.6 Å². The minimum Gasteiger partial charge on any atom is -0.480 e. The van der Waals surface area contributed by atoms with Crippen molar-refractivity contribution < 1.29 is 19.1 Å². The Balaban J connectivity index is 1.50. The highest BCUT2D eigenvalue weighted by atomic mass is 35.5. The number of halogens is 1. The van der Waals surface area contributed by atoms with Gasteiger partial charge in [-0.3, -0.25) is 14.9 Å². The van der Waals surface area contributed by atoms with Crippen LogP contribution in [-0.2, 0) is 4.79 Å². The van der Waals surface area contributed by atoms with Gasteiger partial charge in [-0.1, -0.05) is 29.8 Å². The van der Waals surface area contributed by atoms with Crippen molar-refractivity contribution in [3.8, 4) is 17.1 Å². The number of ether oxygens (including phenoxy) is 1. The largest absolute Gasteiger partial charge is 0.480 e. The summed E-state index contributed by atoms with van der Waals surface area (Å²) in [4.78, 5) is 24.6. The lowest BCUT2D eigenvalue weighted by Gasteiger charge is -2.53. The van der Waals surface area contributed by atoms with Gasteiger partial charge in [0, 0.05) is 24.5 Å². The second kappa shape index (κ2) is 8.17. The summed E-state index contributed by atoms with van der Waals surface area (Å²) in [5.74, 6) is 0.145. The number of rotatable bonds is 4. The molecule has 3 aliphatic rings. The molecule has 3 aromatic rings. The maximum atomic E-state index is 12.6. The number of benzene rings is 2. The Labute approximate surface area is 195 Å². The summed E-state index contributed by atoms with van der Waals surface area (Å²) >= 11 is 6.26. The summed E-state index contributed by atoms with van der Waals surface area (Å²) in [6, 6.07) is 12.1. The number of hydrogen-bond donors (Lipinski definition) is 3. The van der Waals surface area contributed by atoms with Gasteiger partial charge in [0.15, 0.2) is 16.7 Å². The lowest BCUT2D eigenvalue weighted by molar-refractivity contribution is -0.167. The predicted octanol–water partition coefficient (Wildman–Crippen LogP) is 4.09. The molecule has 8 heteroatoms. The summed E-state index contributed by atoms with van der Waals surface area (Å²) in [6.07, 6.45) is 2.46. The van der Waals surface area contributed by atoms with E-state index in [0.717, 1.165) is 24.9 Å². The fourth-order valence-electron chi connectivity index (χ4n) is 4.76. The predicted molar refractivity (Wildman–Crippen MR) is 126 cm³/mol. The maximum absolute atomic E-state index is 12.6. The Kier molecular flexibility index (Phi) is 5.43. The molecule has 0 amide bonds. The number of fused-ring (bicyclic) bond motifs is 6. The molecular formula is C25H25ClN2O5. The zero-order valence-corrected chi connectivity index (χ0v) is 19.0. The highest BCUT2D eigenvalue weighted by Crippen LogP contribution is 2.44. The first-order chi connectivity index (χ1) is 15.8. The third-order valence-electron chi connectivity index (χ3n) is 6.58. The van der Waals surface area contributed by atoms with E-state index in [2.05, 4.69) is 10.6 Å². The van der Waals surface area contributed by atoms with Crippen LogP contribution in [0.2, 0.25) is 5.02 Å². The van der Waals surface area contributed by atoms with Crippen LogP contribution in [0.3, 0.4) is 0 Å². The minimum atomic E-state index is -0.981. The SMILES string of the molecule is Cc1ccc(-c2cc(=O)c3cccc(Cl)c3o2)cc1OC12CC(C(=O)O)(C1)NCCCCN2. The molecule has 172 valence electrons. The van der Waals surface area contributed by atoms with E-state index in [1.165, 1.54) is 6.07 Å². The average molecular weight is 469 g/mol. The van der Waals surface area contributed by atoms with Crippen molar-refractivity contribution in [1.82, 2.24) is 10.6 Å². The number of para-hydroxylation sites is 1. The van der Waals surface area contributed by atoms with Gasteiger partial charge in [-0.2, -0.15) is 0 Å². The summed E-state index contributed by atoms with van der Waals surface area (Å²) in [6.45, 7) is 3.34. The number of carboxylic acid groups (broad SMARTS) is 1. The van der Waals surface area contributed by atoms with Gasteiger partial charge in [-0.25, -0.2) is 0 Å². The van der Waals surface area contributed by atoms with Crippen LogP contribution < -0.4 is 20.8 Å². The third kappa shape index (κ3) is 3.90. The van der Waals surface area contributed by atoms with E-state index in [-0.39, 0.29) is 5.43 Å². The van der Waals surface area contributed by atoms with Gasteiger partial charge in [-0.15, -0.1) is 0 Å². The normalized spacial score (nSPS) is 24.9. The summed E-state index contributed by atoms with van der Waals surface area (Å²) in [7, 11) is 0. The van der Waals surface area contributed by atoms with Crippen LogP contribution >= 0.6 is 11.6 Å². The lowest BCUT2D eigenvalue weighted by Crippen LogP contribution is -2.74. The fraction of sp³-hybridized carbons (Fsp3) is 0.360. The zero-order valence-electron chi connectivity index (χ0n) is 18.2. The zero-order chi connectivity index (χ0) is 23.2. The molecule has 1 saturated carbocycles. The van der Waals surface area contributed by atoms with E-state index >= 15 is 0 Å². The minimum absolute atomic E-state index is 0.176. The number of nitrogens with one attached hydrogen (secondary N) is 2. The molecule has 3 heterocycles. The number of carboxylic acids is 1. The molecule has 0 radical (unpaired) electrons. The molecule has 3 fully saturated rings. The van der Waals surface area contributed by atoms with Crippen molar-refractivity contribution in [3.05, 3.63) is 63.3 Å². The number of carbonyl (C=O) groups is 1. The van der Waals surface area contributed by atoms with E-state index in [1.54, 1.807) is 18.2 Å². The molecule has 2 saturated heterocycles. The van der Waals surface area contributed by atoms with Crippen molar-refractivity contribution in [3.63, 3.8) is 0 Å². The summed E-state index contributed by atoms with van der Waals surface area (Å²) < 4.78 is 12.4. The molecule has 6 rings (SSSR count). The molecule has 1 aliphatic carbocycles. The Morgan fingerprint density at radius 2 is 1.88 bits per heavy atom. The molecule has 0 atom stereocenters. The van der Waals surface area contributed by atoms with Crippen LogP contribution in [0.4, 0.5) is 0 Å². The van der Waals surface area contributed by atoms with Gasteiger partial charge >= 0.3 is 5.97 Å². The highest BCUT2D eigenvalue weighted by Gasteiger charge is 2.61. The third-order valence-corrected chi connectivity index (χ3v) is 6.88. The van der Waals surface area contributed by atoms with Gasteiger partial charge < -0.3 is 19.6 Å². The Morgan fingerprint density at radius 3 is 2.64 bits per heavy atom. The van der Waals surface area contributed by atoms with Crippen LogP contribution in [0.5, 0.6) is 5.75 Å². The molecule has 7 nitrogen and oxygen atoms in total. The van der Waals surface area contributed by atoms with Gasteiger partial charge in [0.2, 0.25) is 0 Å². The van der Waals surface area contributed by atoms with Crippen LogP contribution in [0.1, 0.15) is 31.2 Å². The maximum Gasteiger partial charge on any atom is 0.324 e. The molecule has 33 heavy (non-hydrogen) atoms. The number of aryl methyl sites for hydroxylation is 1. The Bertz CT molecular complexity index is 1300. The highest BCUT2D eigenvalue weighted by molar-refractivity contribution is 6.34. The van der Waals surface area contributed by atoms with Crippen molar-refractivity contribution in [2.45, 2.75) is 43.9 Å². The van der Waals surface area contributed by atoms with Crippen LogP contribution in [0.25, 0.3) is 22.3 Å².